The van der Waals surface area contributed by atoms with E-state index in [0.717, 1.165) is 0 Å². The third-order valence-electron chi connectivity index (χ3n) is 4.30. The first kappa shape index (κ1) is 22.1. The Labute approximate surface area is 179 Å². The van der Waals surface area contributed by atoms with Gasteiger partial charge in [-0.25, -0.2) is 4.39 Å². The number of para-hydroxylation sites is 1. The molecule has 7 heteroatoms. The normalized spacial score (nSPS) is 10.5. The molecular weight excluding hydrogens is 403 g/mol. The number of carboxylic acid groups (broad SMARTS) is 1. The molecule has 0 aliphatic carbocycles. The highest BCUT2D eigenvalue weighted by molar-refractivity contribution is 5.67. The Morgan fingerprint density at radius 2 is 1.65 bits per heavy atom. The highest BCUT2D eigenvalue weighted by Crippen LogP contribution is 2.29. The van der Waals surface area contributed by atoms with Crippen LogP contribution in [0.4, 0.5) is 4.39 Å². The Morgan fingerprint density at radius 3 is 2.35 bits per heavy atom. The predicted octanol–water partition coefficient (Wildman–Crippen LogP) is 4.59. The zero-order chi connectivity index (χ0) is 22.1. The van der Waals surface area contributed by atoms with Gasteiger partial charge < -0.3 is 24.4 Å². The molecule has 162 valence electrons. The van der Waals surface area contributed by atoms with Gasteiger partial charge in [0.2, 0.25) is 0 Å². The average molecular weight is 426 g/mol. The van der Waals surface area contributed by atoms with Crippen molar-refractivity contribution >= 4 is 5.97 Å². The Hall–Kier alpha value is -3.58. The number of hydrogen-bond acceptors (Lipinski definition) is 5. The molecule has 0 heterocycles. The van der Waals surface area contributed by atoms with Crippen LogP contribution < -0.4 is 14.2 Å². The Balaban J connectivity index is 1.72. The molecule has 6 nitrogen and oxygen atoms in total. The first-order valence-electron chi connectivity index (χ1n) is 9.77. The van der Waals surface area contributed by atoms with Gasteiger partial charge in [0.25, 0.3) is 0 Å². The van der Waals surface area contributed by atoms with E-state index in [9.17, 15) is 9.18 Å². The maximum absolute atomic E-state index is 14.3. The van der Waals surface area contributed by atoms with E-state index in [-0.39, 0.29) is 38.4 Å². The van der Waals surface area contributed by atoms with E-state index in [2.05, 4.69) is 0 Å². The Bertz CT molecular complexity index is 1010. The highest BCUT2D eigenvalue weighted by atomic mass is 19.1. The predicted molar refractivity (Wildman–Crippen MR) is 112 cm³/mol. The lowest BCUT2D eigenvalue weighted by molar-refractivity contribution is -0.136. The van der Waals surface area contributed by atoms with Gasteiger partial charge in [-0.2, -0.15) is 0 Å². The lowest BCUT2D eigenvalue weighted by Crippen LogP contribution is -2.04. The first-order chi connectivity index (χ1) is 15.0. The molecule has 0 aliphatic heterocycles. The SMILES string of the molecule is O=C(O)CCc1ccc(OCc2cc(OCCO)cc(Oc3ccccc3)c2)c(F)c1. The van der Waals surface area contributed by atoms with Gasteiger partial charge in [0, 0.05) is 12.5 Å². The highest BCUT2D eigenvalue weighted by Gasteiger charge is 2.09. The summed E-state index contributed by atoms with van der Waals surface area (Å²) in [4.78, 5) is 10.7. The van der Waals surface area contributed by atoms with Gasteiger partial charge in [-0.3, -0.25) is 4.79 Å². The molecule has 0 bridgehead atoms. The second kappa shape index (κ2) is 11.0. The molecule has 0 unspecified atom stereocenters. The number of carbonyl (C=O) groups is 1. The largest absolute Gasteiger partial charge is 0.491 e. The van der Waals surface area contributed by atoms with E-state index in [1.54, 1.807) is 24.3 Å². The summed E-state index contributed by atoms with van der Waals surface area (Å²) < 4.78 is 31.3. The van der Waals surface area contributed by atoms with Crippen LogP contribution in [0, 0.1) is 5.82 Å². The standard InChI is InChI=1S/C24H23FO6/c25-22-14-17(7-9-24(27)28)6-8-23(22)30-16-18-12-20(29-11-10-26)15-21(13-18)31-19-4-2-1-3-5-19/h1-6,8,12-15,26H,7,9-11,16H2,(H,27,28). The zero-order valence-electron chi connectivity index (χ0n) is 16.8. The van der Waals surface area contributed by atoms with Crippen LogP contribution in [0.1, 0.15) is 17.5 Å². The molecule has 0 aliphatic rings. The minimum Gasteiger partial charge on any atom is -0.491 e. The van der Waals surface area contributed by atoms with E-state index in [1.165, 1.54) is 12.1 Å². The van der Waals surface area contributed by atoms with Gasteiger partial charge in [0.15, 0.2) is 11.6 Å². The van der Waals surface area contributed by atoms with Crippen molar-refractivity contribution in [2.24, 2.45) is 0 Å². The van der Waals surface area contributed by atoms with Crippen LogP contribution in [0.25, 0.3) is 0 Å². The molecule has 0 spiro atoms. The van der Waals surface area contributed by atoms with Crippen LogP contribution in [0.3, 0.4) is 0 Å². The van der Waals surface area contributed by atoms with Crippen LogP contribution in [0.15, 0.2) is 66.7 Å². The lowest BCUT2D eigenvalue weighted by atomic mass is 10.1. The number of halogens is 1. The number of ether oxygens (including phenoxy) is 3. The third kappa shape index (κ3) is 7.01. The lowest BCUT2D eigenvalue weighted by Gasteiger charge is -2.13. The van der Waals surface area contributed by atoms with Crippen molar-refractivity contribution in [3.05, 3.63) is 83.7 Å². The van der Waals surface area contributed by atoms with Gasteiger partial charge >= 0.3 is 5.97 Å². The van der Waals surface area contributed by atoms with Crippen molar-refractivity contribution in [2.75, 3.05) is 13.2 Å². The minimum atomic E-state index is -0.933. The van der Waals surface area contributed by atoms with Crippen molar-refractivity contribution in [3.63, 3.8) is 0 Å². The van der Waals surface area contributed by atoms with Crippen molar-refractivity contribution in [1.29, 1.82) is 0 Å². The van der Waals surface area contributed by atoms with Gasteiger partial charge in [-0.1, -0.05) is 24.3 Å². The summed E-state index contributed by atoms with van der Waals surface area (Å²) in [5, 5.41) is 17.8. The molecule has 0 radical (unpaired) electrons. The third-order valence-corrected chi connectivity index (χ3v) is 4.30. The van der Waals surface area contributed by atoms with Crippen molar-refractivity contribution < 1.29 is 33.6 Å². The number of aryl methyl sites for hydroxylation is 1. The van der Waals surface area contributed by atoms with Crippen LogP contribution in [-0.2, 0) is 17.8 Å². The quantitative estimate of drug-likeness (QED) is 0.467. The molecule has 3 aromatic carbocycles. The molecular formula is C24H23FO6. The fraction of sp³-hybridized carbons (Fsp3) is 0.208. The zero-order valence-corrected chi connectivity index (χ0v) is 16.8. The Morgan fingerprint density at radius 1 is 0.871 bits per heavy atom. The van der Waals surface area contributed by atoms with Crippen LogP contribution in [0.2, 0.25) is 0 Å². The summed E-state index contributed by atoms with van der Waals surface area (Å²) in [5.74, 6) is 0.229. The van der Waals surface area contributed by atoms with Crippen LogP contribution in [0.5, 0.6) is 23.0 Å². The van der Waals surface area contributed by atoms with Crippen molar-refractivity contribution in [2.45, 2.75) is 19.4 Å². The summed E-state index contributed by atoms with van der Waals surface area (Å²) in [6.45, 7) is 0.0590. The van der Waals surface area contributed by atoms with Gasteiger partial charge in [0.05, 0.1) is 6.61 Å². The number of carboxylic acids is 1. The molecule has 0 amide bonds. The van der Waals surface area contributed by atoms with Gasteiger partial charge in [0.1, 0.15) is 30.5 Å². The Kier molecular flexibility index (Phi) is 7.84. The van der Waals surface area contributed by atoms with E-state index >= 15 is 0 Å². The smallest absolute Gasteiger partial charge is 0.303 e. The molecule has 2 N–H and O–H groups in total. The summed E-state index contributed by atoms with van der Waals surface area (Å²) in [6.07, 6.45) is 0.182. The molecule has 3 rings (SSSR count). The van der Waals surface area contributed by atoms with E-state index < -0.39 is 11.8 Å². The maximum atomic E-state index is 14.3. The monoisotopic (exact) mass is 426 g/mol. The summed E-state index contributed by atoms with van der Waals surface area (Å²) >= 11 is 0. The molecule has 0 fully saturated rings. The number of benzene rings is 3. The van der Waals surface area contributed by atoms with E-state index in [4.69, 9.17) is 24.4 Å². The van der Waals surface area contributed by atoms with E-state index in [1.807, 2.05) is 30.3 Å². The number of rotatable bonds is 11. The fourth-order valence-corrected chi connectivity index (χ4v) is 2.87. The van der Waals surface area contributed by atoms with E-state index in [0.29, 0.717) is 28.4 Å². The number of aliphatic hydroxyl groups is 1. The van der Waals surface area contributed by atoms with Crippen LogP contribution in [-0.4, -0.2) is 29.4 Å². The number of aliphatic carboxylic acids is 1. The summed E-state index contributed by atoms with van der Waals surface area (Å²) in [5.41, 5.74) is 1.28. The fourth-order valence-electron chi connectivity index (χ4n) is 2.87. The number of hydrogen-bond donors (Lipinski definition) is 2. The molecule has 0 saturated carbocycles. The molecule has 0 saturated heterocycles. The number of aliphatic hydroxyl groups excluding tert-OH is 1. The molecule has 0 atom stereocenters. The van der Waals surface area contributed by atoms with Gasteiger partial charge in [-0.15, -0.1) is 0 Å². The van der Waals surface area contributed by atoms with Gasteiger partial charge in [-0.05, 0) is 53.9 Å². The van der Waals surface area contributed by atoms with Crippen molar-refractivity contribution in [1.82, 2.24) is 0 Å². The second-order valence-corrected chi connectivity index (χ2v) is 6.75. The van der Waals surface area contributed by atoms with Crippen molar-refractivity contribution in [3.8, 4) is 23.0 Å². The molecule has 0 aromatic heterocycles. The second-order valence-electron chi connectivity index (χ2n) is 6.75. The average Bonchev–Trinajstić information content (AvgIpc) is 2.76. The summed E-state index contributed by atoms with van der Waals surface area (Å²) in [7, 11) is 0. The minimum absolute atomic E-state index is 0.0614. The summed E-state index contributed by atoms with van der Waals surface area (Å²) in [6, 6.07) is 18.8. The maximum Gasteiger partial charge on any atom is 0.303 e. The first-order valence-corrected chi connectivity index (χ1v) is 9.77. The topological polar surface area (TPSA) is 85.2 Å². The van der Waals surface area contributed by atoms with Crippen LogP contribution >= 0.6 is 0 Å². The molecule has 31 heavy (non-hydrogen) atoms. The molecule has 3 aromatic rings.